The molecule has 2 amide bonds. The molecule has 0 fully saturated rings. The SMILES string of the molecule is C=CCON([C@H]1CN(C(=O)OC(C)(C)C)[C@H](CO)C=C1C(=O)N(C)C)S(=O)(=O)c1ccccc1[N+](=O)[O-]. The van der Waals surface area contributed by atoms with Crippen LogP contribution < -0.4 is 0 Å². The summed E-state index contributed by atoms with van der Waals surface area (Å²) < 4.78 is 33.5. The first-order valence-corrected chi connectivity index (χ1v) is 12.6. The molecule has 0 aliphatic carbocycles. The normalized spacial score (nSPS) is 18.2. The number of hydrogen-bond donors (Lipinski definition) is 1. The summed E-state index contributed by atoms with van der Waals surface area (Å²) in [5.41, 5.74) is -1.71. The van der Waals surface area contributed by atoms with Gasteiger partial charge in [-0.1, -0.05) is 22.7 Å². The molecule has 2 rings (SSSR count). The molecule has 37 heavy (non-hydrogen) atoms. The van der Waals surface area contributed by atoms with Crippen LogP contribution in [-0.4, -0.2) is 96.3 Å². The highest BCUT2D eigenvalue weighted by Crippen LogP contribution is 2.32. The molecular weight excluding hydrogens is 508 g/mol. The molecule has 0 aromatic heterocycles. The van der Waals surface area contributed by atoms with Gasteiger partial charge in [-0.3, -0.25) is 24.6 Å². The minimum absolute atomic E-state index is 0.102. The van der Waals surface area contributed by atoms with Crippen LogP contribution in [0.3, 0.4) is 0 Å². The molecule has 14 heteroatoms. The van der Waals surface area contributed by atoms with E-state index in [0.29, 0.717) is 4.47 Å². The number of hydrogen-bond acceptors (Lipinski definition) is 9. The van der Waals surface area contributed by atoms with Crippen LogP contribution >= 0.6 is 0 Å². The van der Waals surface area contributed by atoms with Crippen molar-refractivity contribution < 1.29 is 37.6 Å². The molecule has 0 unspecified atom stereocenters. The zero-order chi connectivity index (χ0) is 28.1. The highest BCUT2D eigenvalue weighted by molar-refractivity contribution is 7.89. The van der Waals surface area contributed by atoms with Gasteiger partial charge in [0.1, 0.15) is 5.60 Å². The Kier molecular flexibility index (Phi) is 9.54. The van der Waals surface area contributed by atoms with Crippen LogP contribution in [0, 0.1) is 10.1 Å². The summed E-state index contributed by atoms with van der Waals surface area (Å²) in [7, 11) is -1.89. The van der Waals surface area contributed by atoms with Gasteiger partial charge in [-0.05, 0) is 32.9 Å². The maximum Gasteiger partial charge on any atom is 0.410 e. The van der Waals surface area contributed by atoms with Crippen molar-refractivity contribution in [3.63, 3.8) is 0 Å². The number of rotatable bonds is 9. The first-order valence-electron chi connectivity index (χ1n) is 11.2. The second kappa shape index (κ2) is 11.8. The highest BCUT2D eigenvalue weighted by Gasteiger charge is 2.46. The molecule has 2 atom stereocenters. The fourth-order valence-electron chi connectivity index (χ4n) is 3.54. The maximum absolute atomic E-state index is 13.8. The van der Waals surface area contributed by atoms with Gasteiger partial charge in [0, 0.05) is 32.3 Å². The van der Waals surface area contributed by atoms with E-state index in [4.69, 9.17) is 9.57 Å². The second-order valence-electron chi connectivity index (χ2n) is 9.29. The predicted octanol–water partition coefficient (Wildman–Crippen LogP) is 1.70. The maximum atomic E-state index is 13.8. The monoisotopic (exact) mass is 540 g/mol. The van der Waals surface area contributed by atoms with Gasteiger partial charge in [0.05, 0.1) is 30.2 Å². The summed E-state index contributed by atoms with van der Waals surface area (Å²) in [5.74, 6) is -0.614. The van der Waals surface area contributed by atoms with Gasteiger partial charge in [-0.25, -0.2) is 13.2 Å². The Balaban J connectivity index is 2.75. The molecule has 1 N–H and O–H groups in total. The number of benzene rings is 1. The summed E-state index contributed by atoms with van der Waals surface area (Å²) in [6.07, 6.45) is 1.65. The minimum atomic E-state index is -4.78. The number of aliphatic hydroxyl groups excluding tert-OH is 1. The molecule has 0 spiro atoms. The van der Waals surface area contributed by atoms with E-state index < -0.39 is 68.4 Å². The molecule has 0 saturated carbocycles. The number of hydroxylamine groups is 1. The fourth-order valence-corrected chi connectivity index (χ4v) is 5.10. The summed E-state index contributed by atoms with van der Waals surface area (Å²) >= 11 is 0. The lowest BCUT2D eigenvalue weighted by Gasteiger charge is -2.41. The third-order valence-corrected chi connectivity index (χ3v) is 6.85. The van der Waals surface area contributed by atoms with E-state index >= 15 is 0 Å². The van der Waals surface area contributed by atoms with E-state index in [1.165, 1.54) is 43.3 Å². The average molecular weight is 541 g/mol. The van der Waals surface area contributed by atoms with Crippen LogP contribution in [0.5, 0.6) is 0 Å². The molecule has 1 aromatic carbocycles. The van der Waals surface area contributed by atoms with Crippen LogP contribution in [0.2, 0.25) is 0 Å². The Labute approximate surface area is 215 Å². The number of nitro groups is 1. The van der Waals surface area contributed by atoms with E-state index in [9.17, 15) is 33.2 Å². The molecule has 0 saturated heterocycles. The first-order chi connectivity index (χ1) is 17.2. The Bertz CT molecular complexity index is 1170. The zero-order valence-electron chi connectivity index (χ0n) is 21.4. The van der Waals surface area contributed by atoms with Crippen LogP contribution in [-0.2, 0) is 24.4 Å². The van der Waals surface area contributed by atoms with Crippen LogP contribution in [0.25, 0.3) is 0 Å². The summed E-state index contributed by atoms with van der Waals surface area (Å²) in [6.45, 7) is 7.03. The number of carbonyl (C=O) groups excluding carboxylic acids is 2. The van der Waals surface area contributed by atoms with Gasteiger partial charge < -0.3 is 14.7 Å². The lowest BCUT2D eigenvalue weighted by molar-refractivity contribution is -0.388. The molecule has 0 bridgehead atoms. The van der Waals surface area contributed by atoms with E-state index in [-0.39, 0.29) is 12.2 Å². The summed E-state index contributed by atoms with van der Waals surface area (Å²) in [6, 6.07) is 2.22. The third kappa shape index (κ3) is 6.91. The molecule has 13 nitrogen and oxygen atoms in total. The van der Waals surface area contributed by atoms with Crippen molar-refractivity contribution in [2.75, 3.05) is 33.9 Å². The van der Waals surface area contributed by atoms with Crippen LogP contribution in [0.15, 0.2) is 53.5 Å². The fraction of sp³-hybridized carbons (Fsp3) is 0.478. The van der Waals surface area contributed by atoms with E-state index in [1.807, 2.05) is 0 Å². The Morgan fingerprint density at radius 3 is 2.43 bits per heavy atom. The predicted molar refractivity (Wildman–Crippen MR) is 133 cm³/mol. The van der Waals surface area contributed by atoms with Gasteiger partial charge >= 0.3 is 6.09 Å². The number of sulfonamides is 1. The van der Waals surface area contributed by atoms with Crippen molar-refractivity contribution in [2.45, 2.75) is 43.4 Å². The van der Waals surface area contributed by atoms with Crippen LogP contribution in [0.1, 0.15) is 20.8 Å². The van der Waals surface area contributed by atoms with Crippen molar-refractivity contribution in [3.8, 4) is 0 Å². The first kappa shape index (κ1) is 29.9. The molecular formula is C23H32N4O9S. The number of nitro benzene ring substituents is 1. The van der Waals surface area contributed by atoms with Crippen LogP contribution in [0.4, 0.5) is 10.5 Å². The number of aliphatic hydroxyl groups is 1. The van der Waals surface area contributed by atoms with Gasteiger partial charge in [-0.15, -0.1) is 6.58 Å². The summed E-state index contributed by atoms with van der Waals surface area (Å²) in [4.78, 5) is 44.0. The highest BCUT2D eigenvalue weighted by atomic mass is 32.2. The number of nitrogens with zero attached hydrogens (tertiary/aromatic N) is 4. The van der Waals surface area contributed by atoms with Gasteiger partial charge in [0.25, 0.3) is 21.6 Å². The van der Waals surface area contributed by atoms with E-state index in [1.54, 1.807) is 20.8 Å². The third-order valence-electron chi connectivity index (χ3n) is 5.12. The second-order valence-corrected chi connectivity index (χ2v) is 11.0. The number of amides is 2. The smallest absolute Gasteiger partial charge is 0.410 e. The van der Waals surface area contributed by atoms with E-state index in [0.717, 1.165) is 17.0 Å². The molecule has 0 radical (unpaired) electrons. The number of ether oxygens (including phenoxy) is 1. The Hall–Kier alpha value is -3.33. The summed E-state index contributed by atoms with van der Waals surface area (Å²) in [5, 5.41) is 21.6. The molecule has 1 aliphatic heterocycles. The lowest BCUT2D eigenvalue weighted by atomic mass is 9.97. The molecule has 204 valence electrons. The van der Waals surface area contributed by atoms with Gasteiger partial charge in [0.15, 0.2) is 4.90 Å². The van der Waals surface area contributed by atoms with Gasteiger partial charge in [-0.2, -0.15) is 0 Å². The average Bonchev–Trinajstić information content (AvgIpc) is 2.82. The number of likely N-dealkylation sites (N-methyl/N-ethyl adjacent to an activating group) is 1. The number of carbonyl (C=O) groups is 2. The number of para-hydroxylation sites is 1. The topological polar surface area (TPSA) is 160 Å². The van der Waals surface area contributed by atoms with Crippen molar-refractivity contribution in [1.29, 1.82) is 0 Å². The molecule has 1 aliphatic rings. The Morgan fingerprint density at radius 1 is 1.30 bits per heavy atom. The van der Waals surface area contributed by atoms with Crippen molar-refractivity contribution in [3.05, 3.63) is 58.7 Å². The van der Waals surface area contributed by atoms with E-state index in [2.05, 4.69) is 6.58 Å². The lowest BCUT2D eigenvalue weighted by Crippen LogP contribution is -2.58. The van der Waals surface area contributed by atoms with Gasteiger partial charge in [0.2, 0.25) is 0 Å². The minimum Gasteiger partial charge on any atom is -0.444 e. The zero-order valence-corrected chi connectivity index (χ0v) is 22.2. The molecule has 1 heterocycles. The largest absolute Gasteiger partial charge is 0.444 e. The standard InChI is InChI=1S/C23H32N4O9S/c1-7-12-35-27(37(33,34)20-11-9-8-10-18(20)26(31)32)19-14-25(22(30)36-23(2,3)4)16(15-28)13-17(19)21(29)24(5)6/h7-11,13,16,19,28H,1,12,14-15H2,2-6H3/t16-,19-/m0/s1. The Morgan fingerprint density at radius 2 is 1.92 bits per heavy atom. The van der Waals surface area contributed by atoms with Crippen molar-refractivity contribution >= 4 is 27.7 Å². The quantitative estimate of drug-likeness (QED) is 0.279. The van der Waals surface area contributed by atoms with Crippen molar-refractivity contribution in [1.82, 2.24) is 14.3 Å². The van der Waals surface area contributed by atoms with Crippen molar-refractivity contribution in [2.24, 2.45) is 0 Å². The molecule has 1 aromatic rings.